The van der Waals surface area contributed by atoms with Crippen LogP contribution in [0.5, 0.6) is 0 Å². The summed E-state index contributed by atoms with van der Waals surface area (Å²) >= 11 is 0. The molecule has 0 aliphatic heterocycles. The molecule has 1 amide bonds. The first-order valence-corrected chi connectivity index (χ1v) is 8.78. The fourth-order valence-corrected chi connectivity index (χ4v) is 3.08. The zero-order chi connectivity index (χ0) is 19.4. The zero-order valence-corrected chi connectivity index (χ0v) is 15.4. The molecule has 0 saturated heterocycles. The number of nitrogens with one attached hydrogen (secondary N) is 1. The van der Waals surface area contributed by atoms with E-state index in [1.807, 2.05) is 44.2 Å². The van der Waals surface area contributed by atoms with Crippen LogP contribution in [0.4, 0.5) is 10.1 Å². The summed E-state index contributed by atoms with van der Waals surface area (Å²) in [6, 6.07) is 15.0. The number of rotatable bonds is 5. The van der Waals surface area contributed by atoms with E-state index in [4.69, 9.17) is 5.73 Å². The highest BCUT2D eigenvalue weighted by atomic mass is 19.1. The van der Waals surface area contributed by atoms with E-state index in [0.29, 0.717) is 11.3 Å². The lowest BCUT2D eigenvalue weighted by atomic mass is 9.99. The number of aromatic nitrogens is 1. The van der Waals surface area contributed by atoms with Gasteiger partial charge in [-0.2, -0.15) is 0 Å². The van der Waals surface area contributed by atoms with Crippen LogP contribution >= 0.6 is 0 Å². The third-order valence-corrected chi connectivity index (χ3v) is 4.52. The van der Waals surface area contributed by atoms with Crippen molar-refractivity contribution in [2.45, 2.75) is 26.3 Å². The van der Waals surface area contributed by atoms with Crippen LogP contribution in [0.1, 0.15) is 16.8 Å². The molecule has 3 rings (SSSR count). The largest absolute Gasteiger partial charge is 0.325 e. The van der Waals surface area contributed by atoms with Crippen LogP contribution in [0, 0.1) is 19.7 Å². The Balaban J connectivity index is 1.69. The van der Waals surface area contributed by atoms with E-state index >= 15 is 0 Å². The van der Waals surface area contributed by atoms with Gasteiger partial charge in [-0.25, -0.2) is 4.39 Å². The maximum Gasteiger partial charge on any atom is 0.241 e. The van der Waals surface area contributed by atoms with Gasteiger partial charge in [-0.3, -0.25) is 9.78 Å². The predicted octanol–water partition coefficient (Wildman–Crippen LogP) is 4.01. The van der Waals surface area contributed by atoms with Crippen LogP contribution in [-0.2, 0) is 11.2 Å². The second-order valence-corrected chi connectivity index (χ2v) is 6.56. The summed E-state index contributed by atoms with van der Waals surface area (Å²) < 4.78 is 13.7. The number of aryl methyl sites for hydroxylation is 2. The summed E-state index contributed by atoms with van der Waals surface area (Å²) in [5, 5.41) is 2.79. The quantitative estimate of drug-likeness (QED) is 0.720. The van der Waals surface area contributed by atoms with E-state index < -0.39 is 6.04 Å². The van der Waals surface area contributed by atoms with Gasteiger partial charge in [0.15, 0.2) is 0 Å². The van der Waals surface area contributed by atoms with Gasteiger partial charge in [0.25, 0.3) is 0 Å². The minimum absolute atomic E-state index is 0.144. The molecule has 3 N–H and O–H groups in total. The third-order valence-electron chi connectivity index (χ3n) is 4.52. The maximum absolute atomic E-state index is 13.7. The predicted molar refractivity (Wildman–Crippen MR) is 106 cm³/mol. The van der Waals surface area contributed by atoms with Gasteiger partial charge in [0, 0.05) is 23.1 Å². The average molecular weight is 363 g/mol. The van der Waals surface area contributed by atoms with Crippen molar-refractivity contribution in [2.24, 2.45) is 5.73 Å². The first-order valence-electron chi connectivity index (χ1n) is 8.78. The molecule has 5 heteroatoms. The standard InChI is InChI=1S/C22H22FN3O/c1-14-11-12-25-15(2)21(14)16-7-9-18(10-8-16)26-22(27)20(24)13-17-5-3-4-6-19(17)23/h3-12,20H,13,24H2,1-2H3,(H,26,27)/t20-/m0/s1. The number of amides is 1. The number of benzene rings is 2. The molecule has 0 radical (unpaired) electrons. The topological polar surface area (TPSA) is 68.0 Å². The van der Waals surface area contributed by atoms with Crippen molar-refractivity contribution in [2.75, 3.05) is 5.32 Å². The smallest absolute Gasteiger partial charge is 0.241 e. The summed E-state index contributed by atoms with van der Waals surface area (Å²) in [6.07, 6.45) is 1.93. The number of nitrogens with zero attached hydrogens (tertiary/aromatic N) is 1. The molecule has 1 heterocycles. The molecule has 1 aromatic heterocycles. The van der Waals surface area contributed by atoms with E-state index in [-0.39, 0.29) is 18.1 Å². The first-order chi connectivity index (χ1) is 13.0. The van der Waals surface area contributed by atoms with Gasteiger partial charge in [0.05, 0.1) is 6.04 Å². The minimum Gasteiger partial charge on any atom is -0.325 e. The molecule has 0 bridgehead atoms. The normalized spacial score (nSPS) is 11.9. The number of carbonyl (C=O) groups excluding carboxylic acids is 1. The Kier molecular flexibility index (Phi) is 5.62. The molecule has 0 unspecified atom stereocenters. The van der Waals surface area contributed by atoms with E-state index in [0.717, 1.165) is 22.4 Å². The second kappa shape index (κ2) is 8.10. The molecule has 2 aromatic carbocycles. The molecular weight excluding hydrogens is 341 g/mol. The summed E-state index contributed by atoms with van der Waals surface area (Å²) in [5.41, 5.74) is 11.2. The van der Waals surface area contributed by atoms with E-state index in [1.54, 1.807) is 24.4 Å². The van der Waals surface area contributed by atoms with Gasteiger partial charge in [-0.05, 0) is 61.2 Å². The van der Waals surface area contributed by atoms with Crippen molar-refractivity contribution >= 4 is 11.6 Å². The summed E-state index contributed by atoms with van der Waals surface area (Å²) in [5.74, 6) is -0.702. The Bertz CT molecular complexity index is 934. The molecular formula is C22H22FN3O. The van der Waals surface area contributed by atoms with Crippen LogP contribution in [0.2, 0.25) is 0 Å². The SMILES string of the molecule is Cc1ccnc(C)c1-c1ccc(NC(=O)[C@@H](N)Cc2ccccc2F)cc1. The van der Waals surface area contributed by atoms with Gasteiger partial charge < -0.3 is 11.1 Å². The number of anilines is 1. The van der Waals surface area contributed by atoms with Crippen molar-refractivity contribution in [3.8, 4) is 11.1 Å². The molecule has 27 heavy (non-hydrogen) atoms. The molecule has 1 atom stereocenters. The molecule has 0 aliphatic carbocycles. The van der Waals surface area contributed by atoms with E-state index in [9.17, 15) is 9.18 Å². The lowest BCUT2D eigenvalue weighted by molar-refractivity contribution is -0.117. The molecule has 0 saturated carbocycles. The number of nitrogens with two attached hydrogens (primary N) is 1. The number of hydrogen-bond acceptors (Lipinski definition) is 3. The van der Waals surface area contributed by atoms with Crippen molar-refractivity contribution in [3.63, 3.8) is 0 Å². The monoisotopic (exact) mass is 363 g/mol. The first kappa shape index (κ1) is 18.7. The fourth-order valence-electron chi connectivity index (χ4n) is 3.08. The van der Waals surface area contributed by atoms with Crippen molar-refractivity contribution in [1.82, 2.24) is 4.98 Å². The lowest BCUT2D eigenvalue weighted by Gasteiger charge is -2.14. The van der Waals surface area contributed by atoms with Crippen LogP contribution < -0.4 is 11.1 Å². The summed E-state index contributed by atoms with van der Waals surface area (Å²) in [6.45, 7) is 4.02. The van der Waals surface area contributed by atoms with Crippen molar-refractivity contribution in [1.29, 1.82) is 0 Å². The van der Waals surface area contributed by atoms with Crippen molar-refractivity contribution < 1.29 is 9.18 Å². The molecule has 138 valence electrons. The average Bonchev–Trinajstić information content (AvgIpc) is 2.64. The number of carbonyl (C=O) groups is 1. The van der Waals surface area contributed by atoms with Crippen LogP contribution in [-0.4, -0.2) is 16.9 Å². The van der Waals surface area contributed by atoms with Crippen LogP contribution in [0.25, 0.3) is 11.1 Å². The van der Waals surface area contributed by atoms with Gasteiger partial charge >= 0.3 is 0 Å². The Labute approximate surface area is 158 Å². The Morgan fingerprint density at radius 1 is 1.11 bits per heavy atom. The maximum atomic E-state index is 13.7. The van der Waals surface area contributed by atoms with Gasteiger partial charge in [0.2, 0.25) is 5.91 Å². The van der Waals surface area contributed by atoms with Gasteiger partial charge in [-0.1, -0.05) is 30.3 Å². The highest BCUT2D eigenvalue weighted by Crippen LogP contribution is 2.26. The Morgan fingerprint density at radius 3 is 2.48 bits per heavy atom. The van der Waals surface area contributed by atoms with Crippen LogP contribution in [0.15, 0.2) is 60.8 Å². The lowest BCUT2D eigenvalue weighted by Crippen LogP contribution is -2.37. The fraction of sp³-hybridized carbons (Fsp3) is 0.182. The highest BCUT2D eigenvalue weighted by Gasteiger charge is 2.16. The summed E-state index contributed by atoms with van der Waals surface area (Å²) in [4.78, 5) is 16.7. The Hall–Kier alpha value is -3.05. The molecule has 0 aliphatic rings. The second-order valence-electron chi connectivity index (χ2n) is 6.56. The Morgan fingerprint density at radius 2 is 1.81 bits per heavy atom. The number of halogens is 1. The highest BCUT2D eigenvalue weighted by molar-refractivity contribution is 5.95. The third kappa shape index (κ3) is 4.38. The number of hydrogen-bond donors (Lipinski definition) is 2. The van der Waals surface area contributed by atoms with Crippen LogP contribution in [0.3, 0.4) is 0 Å². The minimum atomic E-state index is -0.829. The van der Waals surface area contributed by atoms with E-state index in [1.165, 1.54) is 6.07 Å². The molecule has 0 spiro atoms. The molecule has 3 aromatic rings. The molecule has 4 nitrogen and oxygen atoms in total. The molecule has 0 fully saturated rings. The van der Waals surface area contributed by atoms with Gasteiger partial charge in [0.1, 0.15) is 5.82 Å². The number of pyridine rings is 1. The van der Waals surface area contributed by atoms with Crippen molar-refractivity contribution in [3.05, 3.63) is 83.4 Å². The van der Waals surface area contributed by atoms with E-state index in [2.05, 4.69) is 10.3 Å². The van der Waals surface area contributed by atoms with Gasteiger partial charge in [-0.15, -0.1) is 0 Å². The summed E-state index contributed by atoms with van der Waals surface area (Å²) in [7, 11) is 0. The zero-order valence-electron chi connectivity index (χ0n) is 15.4.